The van der Waals surface area contributed by atoms with Crippen LogP contribution >= 0.6 is 0 Å². The SMILES string of the molecule is COc1cc2oc(=O)cc(C[C]=O)c2cc1OC. The van der Waals surface area contributed by atoms with Gasteiger partial charge in [-0.3, -0.25) is 4.79 Å². The monoisotopic (exact) mass is 247 g/mol. The van der Waals surface area contributed by atoms with E-state index in [4.69, 9.17) is 13.9 Å². The molecule has 1 aromatic heterocycles. The number of ether oxygens (including phenoxy) is 2. The number of hydrogen-bond donors (Lipinski definition) is 0. The fourth-order valence-corrected chi connectivity index (χ4v) is 1.78. The highest BCUT2D eigenvalue weighted by Gasteiger charge is 2.11. The second-order valence-electron chi connectivity index (χ2n) is 3.62. The normalized spacial score (nSPS) is 10.3. The molecule has 0 unspecified atom stereocenters. The van der Waals surface area contributed by atoms with E-state index in [1.165, 1.54) is 20.3 Å². The van der Waals surface area contributed by atoms with Crippen LogP contribution in [0.2, 0.25) is 0 Å². The quantitative estimate of drug-likeness (QED) is 0.765. The molecule has 0 fully saturated rings. The molecule has 0 saturated heterocycles. The summed E-state index contributed by atoms with van der Waals surface area (Å²) in [5.74, 6) is 0.964. The number of rotatable bonds is 4. The van der Waals surface area contributed by atoms with Crippen molar-refractivity contribution in [2.45, 2.75) is 6.42 Å². The Labute approximate surface area is 103 Å². The molecule has 1 heterocycles. The molecule has 93 valence electrons. The van der Waals surface area contributed by atoms with Gasteiger partial charge in [0.05, 0.1) is 14.2 Å². The minimum Gasteiger partial charge on any atom is -0.493 e. The number of fused-ring (bicyclic) bond motifs is 1. The van der Waals surface area contributed by atoms with Crippen LogP contribution in [0.15, 0.2) is 27.4 Å². The smallest absolute Gasteiger partial charge is 0.336 e. The van der Waals surface area contributed by atoms with E-state index in [0.29, 0.717) is 28.0 Å². The lowest BCUT2D eigenvalue weighted by Gasteiger charge is -2.09. The van der Waals surface area contributed by atoms with Crippen LogP contribution in [0, 0.1) is 0 Å². The zero-order valence-corrected chi connectivity index (χ0v) is 9.98. The maximum atomic E-state index is 11.4. The summed E-state index contributed by atoms with van der Waals surface area (Å²) in [7, 11) is 3.00. The molecule has 1 aromatic carbocycles. The molecule has 18 heavy (non-hydrogen) atoms. The fraction of sp³-hybridized carbons (Fsp3) is 0.231. The van der Waals surface area contributed by atoms with E-state index in [0.717, 1.165) is 0 Å². The van der Waals surface area contributed by atoms with Crippen molar-refractivity contribution in [3.8, 4) is 11.5 Å². The average Bonchev–Trinajstić information content (AvgIpc) is 2.37. The Kier molecular flexibility index (Phi) is 3.32. The van der Waals surface area contributed by atoms with Crippen LogP contribution in [-0.4, -0.2) is 20.5 Å². The number of carbonyl (C=O) groups excluding carboxylic acids is 1. The van der Waals surface area contributed by atoms with Crippen LogP contribution < -0.4 is 15.1 Å². The van der Waals surface area contributed by atoms with Crippen molar-refractivity contribution < 1.29 is 18.7 Å². The molecular weight excluding hydrogens is 236 g/mol. The van der Waals surface area contributed by atoms with E-state index >= 15 is 0 Å². The van der Waals surface area contributed by atoms with Gasteiger partial charge in [0, 0.05) is 23.9 Å². The van der Waals surface area contributed by atoms with Crippen LogP contribution in [0.3, 0.4) is 0 Å². The molecule has 0 N–H and O–H groups in total. The second kappa shape index (κ2) is 4.91. The first-order valence-corrected chi connectivity index (χ1v) is 5.23. The average molecular weight is 247 g/mol. The Balaban J connectivity index is 2.78. The van der Waals surface area contributed by atoms with Gasteiger partial charge in [-0.25, -0.2) is 4.79 Å². The van der Waals surface area contributed by atoms with Crippen molar-refractivity contribution in [1.29, 1.82) is 0 Å². The summed E-state index contributed by atoms with van der Waals surface area (Å²) in [5, 5.41) is 0.635. The first kappa shape index (κ1) is 12.2. The first-order valence-electron chi connectivity index (χ1n) is 5.23. The molecule has 0 amide bonds. The molecule has 0 aliphatic heterocycles. The van der Waals surface area contributed by atoms with Gasteiger partial charge in [0.1, 0.15) is 5.58 Å². The lowest BCUT2D eigenvalue weighted by atomic mass is 10.1. The molecule has 1 radical (unpaired) electrons. The molecule has 0 atom stereocenters. The Morgan fingerprint density at radius 3 is 2.44 bits per heavy atom. The largest absolute Gasteiger partial charge is 0.493 e. The lowest BCUT2D eigenvalue weighted by Crippen LogP contribution is -2.02. The standard InChI is InChI=1S/C13H11O5/c1-16-11-6-9-8(3-4-14)5-13(15)18-10(9)7-12(11)17-2/h5-7H,3H2,1-2H3. The summed E-state index contributed by atoms with van der Waals surface area (Å²) >= 11 is 0. The predicted molar refractivity (Wildman–Crippen MR) is 65.0 cm³/mol. The van der Waals surface area contributed by atoms with Crippen LogP contribution in [0.4, 0.5) is 0 Å². The van der Waals surface area contributed by atoms with Crippen molar-refractivity contribution in [2.24, 2.45) is 0 Å². The van der Waals surface area contributed by atoms with Gasteiger partial charge in [0.15, 0.2) is 11.5 Å². The van der Waals surface area contributed by atoms with Gasteiger partial charge in [-0.2, -0.15) is 0 Å². The van der Waals surface area contributed by atoms with Crippen LogP contribution in [0.25, 0.3) is 11.0 Å². The van der Waals surface area contributed by atoms with Crippen molar-refractivity contribution in [2.75, 3.05) is 14.2 Å². The molecule has 0 saturated carbocycles. The highest BCUT2D eigenvalue weighted by atomic mass is 16.5. The summed E-state index contributed by atoms with van der Waals surface area (Å²) in [6.45, 7) is 0. The van der Waals surface area contributed by atoms with E-state index in [9.17, 15) is 9.59 Å². The highest BCUT2D eigenvalue weighted by Crippen LogP contribution is 2.32. The third kappa shape index (κ3) is 2.07. The van der Waals surface area contributed by atoms with E-state index < -0.39 is 5.63 Å². The maximum Gasteiger partial charge on any atom is 0.336 e. The third-order valence-corrected chi connectivity index (χ3v) is 2.60. The number of benzene rings is 1. The fourth-order valence-electron chi connectivity index (χ4n) is 1.78. The van der Waals surface area contributed by atoms with E-state index in [1.807, 2.05) is 0 Å². The van der Waals surface area contributed by atoms with E-state index in [-0.39, 0.29) is 6.42 Å². The van der Waals surface area contributed by atoms with Crippen molar-refractivity contribution in [3.05, 3.63) is 34.2 Å². The molecular formula is C13H11O5. The minimum absolute atomic E-state index is 0.0254. The van der Waals surface area contributed by atoms with Gasteiger partial charge in [-0.1, -0.05) is 0 Å². The molecule has 0 aliphatic carbocycles. The zero-order chi connectivity index (χ0) is 13.1. The Bertz CT molecular complexity index is 642. The zero-order valence-electron chi connectivity index (χ0n) is 9.98. The Morgan fingerprint density at radius 1 is 1.17 bits per heavy atom. The molecule has 5 nitrogen and oxygen atoms in total. The number of methoxy groups -OCH3 is 2. The van der Waals surface area contributed by atoms with Crippen LogP contribution in [0.5, 0.6) is 11.5 Å². The van der Waals surface area contributed by atoms with Crippen LogP contribution in [0.1, 0.15) is 5.56 Å². The summed E-state index contributed by atoms with van der Waals surface area (Å²) in [6, 6.07) is 4.51. The number of hydrogen-bond acceptors (Lipinski definition) is 5. The summed E-state index contributed by atoms with van der Waals surface area (Å²) in [6.07, 6.45) is 1.79. The van der Waals surface area contributed by atoms with Gasteiger partial charge < -0.3 is 13.9 Å². The van der Waals surface area contributed by atoms with Gasteiger partial charge in [0.25, 0.3) is 0 Å². The van der Waals surface area contributed by atoms with E-state index in [2.05, 4.69) is 0 Å². The molecule has 5 heteroatoms. The molecule has 0 bridgehead atoms. The van der Waals surface area contributed by atoms with Crippen molar-refractivity contribution in [1.82, 2.24) is 0 Å². The Hall–Kier alpha value is -2.30. The lowest BCUT2D eigenvalue weighted by molar-refractivity contribution is 0.355. The minimum atomic E-state index is -0.514. The first-order chi connectivity index (χ1) is 8.69. The molecule has 0 aliphatic rings. The third-order valence-electron chi connectivity index (χ3n) is 2.60. The van der Waals surface area contributed by atoms with Crippen molar-refractivity contribution >= 4 is 17.3 Å². The molecule has 0 spiro atoms. The van der Waals surface area contributed by atoms with Gasteiger partial charge in [-0.05, 0) is 11.6 Å². The maximum absolute atomic E-state index is 11.4. The Morgan fingerprint density at radius 2 is 1.83 bits per heavy atom. The highest BCUT2D eigenvalue weighted by molar-refractivity contribution is 5.85. The second-order valence-corrected chi connectivity index (χ2v) is 3.62. The van der Waals surface area contributed by atoms with E-state index in [1.54, 1.807) is 18.4 Å². The summed E-state index contributed by atoms with van der Waals surface area (Å²) < 4.78 is 15.4. The van der Waals surface area contributed by atoms with Gasteiger partial charge in [-0.15, -0.1) is 0 Å². The van der Waals surface area contributed by atoms with Crippen molar-refractivity contribution in [3.63, 3.8) is 0 Å². The summed E-state index contributed by atoms with van der Waals surface area (Å²) in [4.78, 5) is 21.9. The topological polar surface area (TPSA) is 65.7 Å². The molecule has 2 aromatic rings. The molecule has 2 rings (SSSR count). The van der Waals surface area contributed by atoms with Crippen LogP contribution in [-0.2, 0) is 11.2 Å². The predicted octanol–water partition coefficient (Wildman–Crippen LogP) is 1.46. The van der Waals surface area contributed by atoms with Gasteiger partial charge >= 0.3 is 5.63 Å². The van der Waals surface area contributed by atoms with Gasteiger partial charge in [0.2, 0.25) is 6.29 Å². The summed E-state index contributed by atoms with van der Waals surface area (Å²) in [5.41, 5.74) is 0.391.